The Morgan fingerprint density at radius 1 is 1.22 bits per heavy atom. The maximum Gasteiger partial charge on any atom is 0.319 e. The van der Waals surface area contributed by atoms with Crippen molar-refractivity contribution < 1.29 is 14.3 Å². The first-order chi connectivity index (χ1) is 13.1. The summed E-state index contributed by atoms with van der Waals surface area (Å²) < 4.78 is 11.1. The molecule has 0 bridgehead atoms. The normalized spacial score (nSPS) is 13.9. The van der Waals surface area contributed by atoms with E-state index in [-0.39, 0.29) is 6.03 Å². The van der Waals surface area contributed by atoms with Gasteiger partial charge in [-0.2, -0.15) is 0 Å². The van der Waals surface area contributed by atoms with Gasteiger partial charge in [-0.3, -0.25) is 0 Å². The molecule has 0 spiro atoms. The number of halogens is 1. The molecule has 1 aliphatic heterocycles. The van der Waals surface area contributed by atoms with Crippen LogP contribution in [-0.2, 0) is 4.74 Å². The molecule has 6 nitrogen and oxygen atoms in total. The summed E-state index contributed by atoms with van der Waals surface area (Å²) >= 11 is 5.93. The van der Waals surface area contributed by atoms with Crippen LogP contribution in [0.25, 0.3) is 0 Å². The molecule has 0 aromatic heterocycles. The fraction of sp³-hybridized carbons (Fsp3) is 0.350. The number of benzene rings is 2. The molecule has 0 saturated carbocycles. The van der Waals surface area contributed by atoms with E-state index in [1.54, 1.807) is 6.07 Å². The van der Waals surface area contributed by atoms with Crippen molar-refractivity contribution in [2.24, 2.45) is 0 Å². The highest BCUT2D eigenvalue weighted by Crippen LogP contribution is 2.26. The number of para-hydroxylation sites is 2. The third-order valence-electron chi connectivity index (χ3n) is 4.29. The number of urea groups is 1. The van der Waals surface area contributed by atoms with E-state index in [1.807, 2.05) is 43.3 Å². The van der Waals surface area contributed by atoms with Gasteiger partial charge in [0.2, 0.25) is 0 Å². The minimum atomic E-state index is -0.257. The average molecular weight is 390 g/mol. The zero-order valence-electron chi connectivity index (χ0n) is 15.3. The maximum atomic E-state index is 12.2. The highest BCUT2D eigenvalue weighted by atomic mass is 35.5. The second-order valence-corrected chi connectivity index (χ2v) is 6.69. The van der Waals surface area contributed by atoms with Gasteiger partial charge >= 0.3 is 6.03 Å². The monoisotopic (exact) mass is 389 g/mol. The van der Waals surface area contributed by atoms with Crippen LogP contribution in [0.4, 0.5) is 16.2 Å². The lowest BCUT2D eigenvalue weighted by Gasteiger charge is -2.30. The van der Waals surface area contributed by atoms with Crippen molar-refractivity contribution in [2.75, 3.05) is 49.7 Å². The second kappa shape index (κ2) is 9.48. The fourth-order valence-corrected chi connectivity index (χ4v) is 3.15. The quantitative estimate of drug-likeness (QED) is 0.740. The molecule has 27 heavy (non-hydrogen) atoms. The second-order valence-electron chi connectivity index (χ2n) is 6.26. The van der Waals surface area contributed by atoms with Crippen LogP contribution in [0.5, 0.6) is 5.75 Å². The molecule has 0 atom stereocenters. The van der Waals surface area contributed by atoms with Crippen LogP contribution in [0.1, 0.15) is 5.56 Å². The number of aryl methyl sites for hydroxylation is 1. The number of hydrogen-bond acceptors (Lipinski definition) is 4. The summed E-state index contributed by atoms with van der Waals surface area (Å²) in [5.74, 6) is 0.763. The minimum absolute atomic E-state index is 0.257. The summed E-state index contributed by atoms with van der Waals surface area (Å²) in [7, 11) is 0. The van der Waals surface area contributed by atoms with Crippen molar-refractivity contribution in [3.63, 3.8) is 0 Å². The summed E-state index contributed by atoms with van der Waals surface area (Å²) in [6.45, 7) is 5.73. The summed E-state index contributed by atoms with van der Waals surface area (Å²) in [6, 6.07) is 13.0. The van der Waals surface area contributed by atoms with Gasteiger partial charge in [-0.15, -0.1) is 0 Å². The third-order valence-corrected chi connectivity index (χ3v) is 4.52. The van der Waals surface area contributed by atoms with E-state index in [2.05, 4.69) is 15.5 Å². The first-order valence-corrected chi connectivity index (χ1v) is 9.37. The van der Waals surface area contributed by atoms with Gasteiger partial charge in [-0.25, -0.2) is 4.79 Å². The molecule has 1 saturated heterocycles. The van der Waals surface area contributed by atoms with Crippen molar-refractivity contribution in [3.8, 4) is 5.75 Å². The number of anilines is 2. The third kappa shape index (κ3) is 5.52. The van der Waals surface area contributed by atoms with Gasteiger partial charge in [0.25, 0.3) is 0 Å². The molecule has 1 heterocycles. The molecule has 0 aliphatic carbocycles. The number of carbonyl (C=O) groups excluding carboxylic acids is 1. The Kier molecular flexibility index (Phi) is 6.79. The summed E-state index contributed by atoms with van der Waals surface area (Å²) in [5.41, 5.74) is 2.75. The van der Waals surface area contributed by atoms with Crippen LogP contribution in [0.15, 0.2) is 42.5 Å². The van der Waals surface area contributed by atoms with Gasteiger partial charge in [0.05, 0.1) is 31.1 Å². The number of nitrogens with one attached hydrogen (secondary N) is 2. The molecular weight excluding hydrogens is 366 g/mol. The zero-order valence-corrected chi connectivity index (χ0v) is 16.1. The van der Waals surface area contributed by atoms with Crippen molar-refractivity contribution in [1.29, 1.82) is 0 Å². The lowest BCUT2D eigenvalue weighted by atomic mass is 10.2. The van der Waals surface area contributed by atoms with Gasteiger partial charge in [0, 0.05) is 18.1 Å². The first kappa shape index (κ1) is 19.3. The van der Waals surface area contributed by atoms with Gasteiger partial charge in [-0.1, -0.05) is 23.7 Å². The SMILES string of the molecule is Cc1cc(Cl)ccc1OCCNC(=O)Nc1ccccc1N1CCOCC1. The molecule has 2 N–H and O–H groups in total. The summed E-state index contributed by atoms with van der Waals surface area (Å²) in [5, 5.41) is 6.41. The van der Waals surface area contributed by atoms with Gasteiger partial charge in [-0.05, 0) is 42.8 Å². The van der Waals surface area contributed by atoms with Crippen molar-refractivity contribution in [1.82, 2.24) is 5.32 Å². The smallest absolute Gasteiger partial charge is 0.319 e. The van der Waals surface area contributed by atoms with Crippen LogP contribution in [-0.4, -0.2) is 45.5 Å². The van der Waals surface area contributed by atoms with E-state index in [9.17, 15) is 4.79 Å². The van der Waals surface area contributed by atoms with Crippen LogP contribution in [0.3, 0.4) is 0 Å². The Morgan fingerprint density at radius 3 is 2.78 bits per heavy atom. The largest absolute Gasteiger partial charge is 0.491 e. The molecule has 2 aromatic carbocycles. The standard InChI is InChI=1S/C20H24ClN3O3/c1-15-14-16(21)6-7-19(15)27-11-8-22-20(25)23-17-4-2-3-5-18(17)24-9-12-26-13-10-24/h2-7,14H,8-13H2,1H3,(H2,22,23,25). The van der Waals surface area contributed by atoms with Crippen LogP contribution >= 0.6 is 11.6 Å². The Labute approximate surface area is 164 Å². The Morgan fingerprint density at radius 2 is 2.00 bits per heavy atom. The van der Waals surface area contributed by atoms with Gasteiger partial charge < -0.3 is 25.0 Å². The Balaban J connectivity index is 1.48. The molecule has 0 unspecified atom stereocenters. The molecule has 3 rings (SSSR count). The zero-order chi connectivity index (χ0) is 19.1. The molecular formula is C20H24ClN3O3. The van der Waals surface area contributed by atoms with Gasteiger partial charge in [0.15, 0.2) is 0 Å². The van der Waals surface area contributed by atoms with E-state index in [1.165, 1.54) is 0 Å². The minimum Gasteiger partial charge on any atom is -0.491 e. The van der Waals surface area contributed by atoms with Crippen molar-refractivity contribution >= 4 is 29.0 Å². The number of nitrogens with zero attached hydrogens (tertiary/aromatic N) is 1. The highest BCUT2D eigenvalue weighted by Gasteiger charge is 2.15. The van der Waals surface area contributed by atoms with E-state index in [0.29, 0.717) is 31.4 Å². The number of ether oxygens (including phenoxy) is 2. The molecule has 2 amide bonds. The summed E-state index contributed by atoms with van der Waals surface area (Å²) in [4.78, 5) is 14.4. The van der Waals surface area contributed by atoms with Crippen LogP contribution in [0, 0.1) is 6.92 Å². The fourth-order valence-electron chi connectivity index (χ4n) is 2.93. The Bertz CT molecular complexity index is 779. The molecule has 7 heteroatoms. The highest BCUT2D eigenvalue weighted by molar-refractivity contribution is 6.30. The van der Waals surface area contributed by atoms with Crippen LogP contribution < -0.4 is 20.3 Å². The van der Waals surface area contributed by atoms with E-state index >= 15 is 0 Å². The lowest BCUT2D eigenvalue weighted by molar-refractivity contribution is 0.123. The molecule has 1 fully saturated rings. The van der Waals surface area contributed by atoms with Crippen LogP contribution in [0.2, 0.25) is 5.02 Å². The van der Waals surface area contributed by atoms with E-state index in [4.69, 9.17) is 21.1 Å². The number of carbonyl (C=O) groups is 1. The molecule has 1 aliphatic rings. The number of hydrogen-bond donors (Lipinski definition) is 2. The first-order valence-electron chi connectivity index (χ1n) is 8.99. The lowest BCUT2D eigenvalue weighted by Crippen LogP contribution is -2.37. The number of rotatable bonds is 6. The predicted molar refractivity (Wildman–Crippen MR) is 108 cm³/mol. The number of morpholine rings is 1. The maximum absolute atomic E-state index is 12.2. The predicted octanol–water partition coefficient (Wildman–Crippen LogP) is 3.69. The Hall–Kier alpha value is -2.44. The molecule has 2 aromatic rings. The van der Waals surface area contributed by atoms with E-state index < -0.39 is 0 Å². The number of amides is 2. The van der Waals surface area contributed by atoms with E-state index in [0.717, 1.165) is 35.8 Å². The molecule has 144 valence electrons. The average Bonchev–Trinajstić information content (AvgIpc) is 2.68. The van der Waals surface area contributed by atoms with Crippen molar-refractivity contribution in [3.05, 3.63) is 53.1 Å². The van der Waals surface area contributed by atoms with Crippen molar-refractivity contribution in [2.45, 2.75) is 6.92 Å². The molecule has 0 radical (unpaired) electrons. The topological polar surface area (TPSA) is 62.8 Å². The van der Waals surface area contributed by atoms with Gasteiger partial charge in [0.1, 0.15) is 12.4 Å². The summed E-state index contributed by atoms with van der Waals surface area (Å²) in [6.07, 6.45) is 0.